The Labute approximate surface area is 126 Å². The minimum absolute atomic E-state index is 0.0674. The number of hydrogen-bond donors (Lipinski definition) is 3. The molecule has 2 heterocycles. The Kier molecular flexibility index (Phi) is 4.31. The molecule has 0 spiro atoms. The maximum atomic E-state index is 12.1. The Morgan fingerprint density at radius 1 is 1.36 bits per heavy atom. The predicted octanol–water partition coefficient (Wildman–Crippen LogP) is -2.41. The van der Waals surface area contributed by atoms with E-state index in [0.717, 1.165) is 4.90 Å². The molecular weight excluding hydrogens is 342 g/mol. The molecule has 2 aliphatic heterocycles. The second-order valence-corrected chi connectivity index (χ2v) is 7.46. The number of carbonyl (C=O) groups is 1. The van der Waals surface area contributed by atoms with Gasteiger partial charge in [-0.2, -0.15) is 13.5 Å². The molecular formula is C8H15N5O7S2. The highest BCUT2D eigenvalue weighted by Crippen LogP contribution is 2.30. The van der Waals surface area contributed by atoms with E-state index in [-0.39, 0.29) is 18.8 Å². The highest BCUT2D eigenvalue weighted by atomic mass is 32.3. The van der Waals surface area contributed by atoms with Gasteiger partial charge in [-0.1, -0.05) is 0 Å². The zero-order valence-electron chi connectivity index (χ0n) is 11.2. The van der Waals surface area contributed by atoms with Crippen LogP contribution in [0.5, 0.6) is 0 Å². The van der Waals surface area contributed by atoms with Gasteiger partial charge in [0.1, 0.15) is 11.7 Å². The molecule has 2 rings (SSSR count). The number of nitrogens with zero attached hydrogens (tertiary/aromatic N) is 3. The highest BCUT2D eigenvalue weighted by molar-refractivity contribution is 7.90. The summed E-state index contributed by atoms with van der Waals surface area (Å²) in [6.07, 6.45) is 0.554. The minimum Gasteiger partial charge on any atom is -0.385 e. The number of amides is 2. The SMILES string of the molecule is NCS(=O)(=O)N=C(N)C1CCC2CN1C(=O)N2OS(=O)(=O)O. The van der Waals surface area contributed by atoms with Crippen LogP contribution in [-0.2, 0) is 24.7 Å². The average molecular weight is 357 g/mol. The summed E-state index contributed by atoms with van der Waals surface area (Å²) in [6, 6.07) is -2.27. The maximum Gasteiger partial charge on any atom is 0.418 e. The van der Waals surface area contributed by atoms with E-state index in [1.807, 2.05) is 0 Å². The normalized spacial score (nSPS) is 26.6. The van der Waals surface area contributed by atoms with Crippen LogP contribution in [0.3, 0.4) is 0 Å². The highest BCUT2D eigenvalue weighted by Gasteiger charge is 2.48. The van der Waals surface area contributed by atoms with Crippen LogP contribution in [-0.4, -0.2) is 67.7 Å². The second-order valence-electron chi connectivity index (χ2n) is 4.77. The van der Waals surface area contributed by atoms with Gasteiger partial charge in [-0.25, -0.2) is 13.2 Å². The molecule has 0 aromatic heterocycles. The Bertz CT molecular complexity index is 702. The third kappa shape index (κ3) is 3.46. The molecule has 126 valence electrons. The standard InChI is InChI=1S/C8H15N5O7S2/c9-4-21(15,16)11-7(10)6-2-1-5-3-12(6)8(14)13(5)20-22(17,18)19/h5-6H,1-4,9H2,(H2,10,11)(H,17,18,19). The van der Waals surface area contributed by atoms with E-state index >= 15 is 0 Å². The van der Waals surface area contributed by atoms with Gasteiger partial charge in [-0.3, -0.25) is 4.55 Å². The van der Waals surface area contributed by atoms with Gasteiger partial charge in [0.15, 0.2) is 0 Å². The number of nitrogens with two attached hydrogens (primary N) is 2. The van der Waals surface area contributed by atoms with Crippen molar-refractivity contribution in [1.29, 1.82) is 0 Å². The Morgan fingerprint density at radius 3 is 2.55 bits per heavy atom. The van der Waals surface area contributed by atoms with E-state index < -0.39 is 44.4 Å². The average Bonchev–Trinajstić information content (AvgIpc) is 2.62. The zero-order chi connectivity index (χ0) is 16.7. The first kappa shape index (κ1) is 16.9. The summed E-state index contributed by atoms with van der Waals surface area (Å²) < 4.78 is 60.4. The third-order valence-corrected chi connectivity index (χ3v) is 4.55. The molecule has 12 nitrogen and oxygen atoms in total. The van der Waals surface area contributed by atoms with Crippen LogP contribution in [0.4, 0.5) is 4.79 Å². The second kappa shape index (κ2) is 5.62. The number of rotatable bonds is 5. The van der Waals surface area contributed by atoms with E-state index in [0.29, 0.717) is 11.5 Å². The van der Waals surface area contributed by atoms with Crippen LogP contribution in [0.2, 0.25) is 0 Å². The number of sulfonamides is 1. The van der Waals surface area contributed by atoms with Gasteiger partial charge in [0.25, 0.3) is 10.0 Å². The van der Waals surface area contributed by atoms with Gasteiger partial charge >= 0.3 is 16.4 Å². The van der Waals surface area contributed by atoms with Crippen molar-refractivity contribution in [1.82, 2.24) is 9.96 Å². The molecule has 2 atom stereocenters. The lowest BCUT2D eigenvalue weighted by Crippen LogP contribution is -2.48. The van der Waals surface area contributed by atoms with Gasteiger partial charge < -0.3 is 16.4 Å². The summed E-state index contributed by atoms with van der Waals surface area (Å²) >= 11 is 0. The lowest BCUT2D eigenvalue weighted by atomic mass is 10.0. The van der Waals surface area contributed by atoms with Crippen LogP contribution in [0.15, 0.2) is 4.40 Å². The van der Waals surface area contributed by atoms with Gasteiger partial charge in [-0.15, -0.1) is 8.68 Å². The molecule has 2 amide bonds. The maximum absolute atomic E-state index is 12.1. The molecule has 22 heavy (non-hydrogen) atoms. The van der Waals surface area contributed by atoms with Gasteiger partial charge in [0.2, 0.25) is 0 Å². The van der Waals surface area contributed by atoms with Crippen molar-refractivity contribution < 1.29 is 30.5 Å². The van der Waals surface area contributed by atoms with E-state index in [9.17, 15) is 21.6 Å². The first-order chi connectivity index (χ1) is 10.0. The number of hydroxylamine groups is 2. The molecule has 2 saturated heterocycles. The number of piperidine rings is 1. The third-order valence-electron chi connectivity index (χ3n) is 3.29. The van der Waals surface area contributed by atoms with Gasteiger partial charge in [0, 0.05) is 6.54 Å². The lowest BCUT2D eigenvalue weighted by molar-refractivity contribution is -0.0316. The number of hydrogen-bond acceptors (Lipinski definition) is 7. The first-order valence-corrected chi connectivity index (χ1v) is 9.06. The van der Waals surface area contributed by atoms with Crippen molar-refractivity contribution in [3.8, 4) is 0 Å². The summed E-state index contributed by atoms with van der Waals surface area (Å²) in [4.78, 5) is 13.2. The Hall–Kier alpha value is -1.48. The molecule has 14 heteroatoms. The van der Waals surface area contributed by atoms with Gasteiger partial charge in [0.05, 0.1) is 12.1 Å². The Balaban J connectivity index is 2.23. The molecule has 5 N–H and O–H groups in total. The fourth-order valence-electron chi connectivity index (χ4n) is 2.40. The lowest BCUT2D eigenvalue weighted by Gasteiger charge is -2.29. The van der Waals surface area contributed by atoms with Crippen LogP contribution in [0.1, 0.15) is 12.8 Å². The molecule has 0 radical (unpaired) electrons. The molecule has 2 fully saturated rings. The molecule has 0 aliphatic carbocycles. The number of urea groups is 1. The monoisotopic (exact) mass is 357 g/mol. The topological polar surface area (TPSA) is 186 Å². The predicted molar refractivity (Wildman–Crippen MR) is 73.0 cm³/mol. The number of carbonyl (C=O) groups excluding carboxylic acids is 1. The fraction of sp³-hybridized carbons (Fsp3) is 0.750. The van der Waals surface area contributed by atoms with Crippen LogP contribution in [0, 0.1) is 0 Å². The molecule has 2 unspecified atom stereocenters. The van der Waals surface area contributed by atoms with E-state index in [4.69, 9.17) is 16.0 Å². The molecule has 2 aliphatic rings. The minimum atomic E-state index is -4.85. The van der Waals surface area contributed by atoms with Crippen LogP contribution < -0.4 is 11.5 Å². The quantitative estimate of drug-likeness (QED) is 0.274. The van der Waals surface area contributed by atoms with Crippen LogP contribution in [0.25, 0.3) is 0 Å². The summed E-state index contributed by atoms with van der Waals surface area (Å²) in [7, 11) is -8.77. The molecule has 2 bridgehead atoms. The molecule has 0 aromatic rings. The number of fused-ring (bicyclic) bond motifs is 2. The van der Waals surface area contributed by atoms with Crippen molar-refractivity contribution in [3.05, 3.63) is 0 Å². The van der Waals surface area contributed by atoms with E-state index in [1.165, 1.54) is 0 Å². The van der Waals surface area contributed by atoms with Crippen molar-refractivity contribution in [2.45, 2.75) is 24.9 Å². The number of amidine groups is 1. The van der Waals surface area contributed by atoms with Crippen molar-refractivity contribution in [2.24, 2.45) is 15.9 Å². The largest absolute Gasteiger partial charge is 0.418 e. The molecule has 0 aromatic carbocycles. The van der Waals surface area contributed by atoms with Crippen LogP contribution >= 0.6 is 0 Å². The Morgan fingerprint density at radius 2 is 2.00 bits per heavy atom. The first-order valence-electron chi connectivity index (χ1n) is 6.09. The van der Waals surface area contributed by atoms with Crippen molar-refractivity contribution >= 4 is 32.3 Å². The smallest absolute Gasteiger partial charge is 0.385 e. The van der Waals surface area contributed by atoms with Gasteiger partial charge in [-0.05, 0) is 12.8 Å². The molecule has 0 saturated carbocycles. The fourth-order valence-corrected chi connectivity index (χ4v) is 3.30. The van der Waals surface area contributed by atoms with Crippen molar-refractivity contribution in [3.63, 3.8) is 0 Å². The summed E-state index contributed by atoms with van der Waals surface area (Å²) in [5, 5.41) is 0.528. The summed E-state index contributed by atoms with van der Waals surface area (Å²) in [5.74, 6) is -1.04. The van der Waals surface area contributed by atoms with E-state index in [2.05, 4.69) is 8.68 Å². The van der Waals surface area contributed by atoms with E-state index in [1.54, 1.807) is 0 Å². The zero-order valence-corrected chi connectivity index (χ0v) is 12.8. The summed E-state index contributed by atoms with van der Waals surface area (Å²) in [5.41, 5.74) is 10.6. The summed E-state index contributed by atoms with van der Waals surface area (Å²) in [6.45, 7) is 0.0674. The van der Waals surface area contributed by atoms with Crippen molar-refractivity contribution in [2.75, 3.05) is 12.4 Å².